The summed E-state index contributed by atoms with van der Waals surface area (Å²) in [5, 5.41) is 6.52. The smallest absolute Gasteiger partial charge is 0.319 e. The van der Waals surface area contributed by atoms with Crippen LogP contribution in [0, 0.1) is 13.8 Å². The van der Waals surface area contributed by atoms with Crippen molar-refractivity contribution in [2.75, 3.05) is 5.32 Å². The average Bonchev–Trinajstić information content (AvgIpc) is 2.66. The molecule has 1 aromatic carbocycles. The summed E-state index contributed by atoms with van der Waals surface area (Å²) < 4.78 is 1.08. The summed E-state index contributed by atoms with van der Waals surface area (Å²) in [5.74, 6) is -0.426. The molecule has 0 spiro atoms. The molecule has 2 aromatic rings. The number of carbonyl (C=O) groups is 1. The number of H-pyrrole nitrogens is 1. The van der Waals surface area contributed by atoms with Crippen LogP contribution in [0.2, 0.25) is 0 Å². The van der Waals surface area contributed by atoms with E-state index in [9.17, 15) is 9.59 Å². The minimum Gasteiger partial charge on any atom is -0.319 e. The van der Waals surface area contributed by atoms with Gasteiger partial charge >= 0.3 is 5.69 Å². The Labute approximate surface area is 104 Å². The second-order valence-corrected chi connectivity index (χ2v) is 4.10. The molecule has 1 amide bonds. The second kappa shape index (κ2) is 4.48. The van der Waals surface area contributed by atoms with Crippen molar-refractivity contribution in [1.29, 1.82) is 0 Å². The molecule has 0 saturated heterocycles. The zero-order chi connectivity index (χ0) is 13.3. The Balaban J connectivity index is 2.27. The van der Waals surface area contributed by atoms with Crippen LogP contribution in [0.15, 0.2) is 23.0 Å². The fraction of sp³-hybridized carbons (Fsp3) is 0.250. The highest BCUT2D eigenvalue weighted by Gasteiger charge is 2.13. The van der Waals surface area contributed by atoms with Gasteiger partial charge in [-0.1, -0.05) is 12.1 Å². The molecule has 0 aliphatic carbocycles. The molecule has 6 nitrogen and oxygen atoms in total. The molecule has 6 heteroatoms. The number of hydrogen-bond donors (Lipinski definition) is 2. The Morgan fingerprint density at radius 3 is 2.72 bits per heavy atom. The van der Waals surface area contributed by atoms with E-state index in [1.54, 1.807) is 6.07 Å². The highest BCUT2D eigenvalue weighted by molar-refractivity contribution is 6.01. The minimum absolute atomic E-state index is 0.00315. The van der Waals surface area contributed by atoms with Gasteiger partial charge in [0.2, 0.25) is 5.82 Å². The number of hydrogen-bond acceptors (Lipinski definition) is 3. The van der Waals surface area contributed by atoms with Crippen molar-refractivity contribution in [1.82, 2.24) is 14.8 Å². The third kappa shape index (κ3) is 2.17. The van der Waals surface area contributed by atoms with Crippen molar-refractivity contribution in [2.45, 2.75) is 13.8 Å². The molecule has 0 fully saturated rings. The second-order valence-electron chi connectivity index (χ2n) is 4.10. The predicted octanol–water partition coefficient (Wildman–Crippen LogP) is 0.978. The summed E-state index contributed by atoms with van der Waals surface area (Å²) in [4.78, 5) is 25.5. The summed E-state index contributed by atoms with van der Waals surface area (Å²) in [6.07, 6.45) is 0. The Kier molecular flexibility index (Phi) is 3.01. The predicted molar refractivity (Wildman–Crippen MR) is 67.7 cm³/mol. The molecule has 18 heavy (non-hydrogen) atoms. The lowest BCUT2D eigenvalue weighted by molar-refractivity contribution is 0.101. The molecule has 0 unspecified atom stereocenters. The molecule has 94 valence electrons. The maximum atomic E-state index is 11.9. The Morgan fingerprint density at radius 2 is 2.11 bits per heavy atom. The van der Waals surface area contributed by atoms with Crippen LogP contribution in [0.25, 0.3) is 0 Å². The number of nitrogens with one attached hydrogen (secondary N) is 2. The van der Waals surface area contributed by atoms with E-state index >= 15 is 0 Å². The molecule has 0 atom stereocenters. The van der Waals surface area contributed by atoms with Gasteiger partial charge in [0.25, 0.3) is 5.91 Å². The third-order valence-corrected chi connectivity index (χ3v) is 2.84. The number of carbonyl (C=O) groups excluding carboxylic acids is 1. The normalized spacial score (nSPS) is 10.4. The van der Waals surface area contributed by atoms with Gasteiger partial charge in [-0.3, -0.25) is 9.78 Å². The zero-order valence-electron chi connectivity index (χ0n) is 10.4. The van der Waals surface area contributed by atoms with Crippen LogP contribution in [-0.2, 0) is 7.05 Å². The third-order valence-electron chi connectivity index (χ3n) is 2.84. The van der Waals surface area contributed by atoms with Gasteiger partial charge in [-0.2, -0.15) is 0 Å². The summed E-state index contributed by atoms with van der Waals surface area (Å²) in [6, 6.07) is 5.63. The highest BCUT2D eigenvalue weighted by atomic mass is 16.2. The fourth-order valence-electron chi connectivity index (χ4n) is 1.57. The summed E-state index contributed by atoms with van der Waals surface area (Å²) in [7, 11) is 1.48. The van der Waals surface area contributed by atoms with Gasteiger partial charge in [0.05, 0.1) is 0 Å². The van der Waals surface area contributed by atoms with Crippen molar-refractivity contribution >= 4 is 11.6 Å². The highest BCUT2D eigenvalue weighted by Crippen LogP contribution is 2.18. The van der Waals surface area contributed by atoms with Crippen molar-refractivity contribution in [3.63, 3.8) is 0 Å². The molecular weight excluding hydrogens is 232 g/mol. The number of nitrogens with zero attached hydrogens (tertiary/aromatic N) is 2. The number of amides is 1. The molecule has 1 aromatic heterocycles. The van der Waals surface area contributed by atoms with E-state index < -0.39 is 11.6 Å². The standard InChI is InChI=1S/C12H14N4O2/c1-7-5-4-6-9(8(7)2)13-11(17)10-14-12(18)16(3)15-10/h4-6H,1-3H3,(H,13,17)(H,14,15,18). The van der Waals surface area contributed by atoms with Crippen LogP contribution in [0.5, 0.6) is 0 Å². The lowest BCUT2D eigenvalue weighted by atomic mass is 10.1. The van der Waals surface area contributed by atoms with Crippen LogP contribution in [0.3, 0.4) is 0 Å². The van der Waals surface area contributed by atoms with Gasteiger partial charge in [0, 0.05) is 12.7 Å². The van der Waals surface area contributed by atoms with E-state index in [2.05, 4.69) is 15.4 Å². The first kappa shape index (κ1) is 12.1. The van der Waals surface area contributed by atoms with Crippen LogP contribution in [-0.4, -0.2) is 20.7 Å². The van der Waals surface area contributed by atoms with Crippen LogP contribution in [0.4, 0.5) is 5.69 Å². The first-order valence-corrected chi connectivity index (χ1v) is 5.50. The topological polar surface area (TPSA) is 79.8 Å². The average molecular weight is 246 g/mol. The summed E-state index contributed by atoms with van der Waals surface area (Å²) in [5.41, 5.74) is 2.37. The van der Waals surface area contributed by atoms with E-state index in [1.807, 2.05) is 26.0 Å². The number of aryl methyl sites for hydroxylation is 2. The molecule has 0 aliphatic heterocycles. The first-order valence-electron chi connectivity index (χ1n) is 5.50. The molecule has 0 bridgehead atoms. The summed E-state index contributed by atoms with van der Waals surface area (Å²) >= 11 is 0. The lowest BCUT2D eigenvalue weighted by Gasteiger charge is -2.08. The quantitative estimate of drug-likeness (QED) is 0.828. The molecular formula is C12H14N4O2. The lowest BCUT2D eigenvalue weighted by Crippen LogP contribution is -2.15. The van der Waals surface area contributed by atoms with E-state index in [0.29, 0.717) is 5.69 Å². The molecule has 1 heterocycles. The Morgan fingerprint density at radius 1 is 1.39 bits per heavy atom. The SMILES string of the molecule is Cc1cccc(NC(=O)c2nn(C)c(=O)[nH]2)c1C. The molecule has 2 N–H and O–H groups in total. The van der Waals surface area contributed by atoms with Crippen LogP contribution >= 0.6 is 0 Å². The van der Waals surface area contributed by atoms with Crippen LogP contribution in [0.1, 0.15) is 21.7 Å². The molecule has 0 aliphatic rings. The maximum absolute atomic E-state index is 11.9. The monoisotopic (exact) mass is 246 g/mol. The van der Waals surface area contributed by atoms with Gasteiger partial charge in [-0.05, 0) is 31.0 Å². The van der Waals surface area contributed by atoms with E-state index in [0.717, 1.165) is 15.8 Å². The number of anilines is 1. The number of benzene rings is 1. The first-order chi connectivity index (χ1) is 8.49. The van der Waals surface area contributed by atoms with Crippen molar-refractivity contribution < 1.29 is 4.79 Å². The maximum Gasteiger partial charge on any atom is 0.343 e. The Bertz CT molecular complexity index is 654. The molecule has 0 saturated carbocycles. The van der Waals surface area contributed by atoms with E-state index in [-0.39, 0.29) is 5.82 Å². The van der Waals surface area contributed by atoms with Gasteiger partial charge in [-0.25, -0.2) is 9.48 Å². The molecule has 2 rings (SSSR count). The number of rotatable bonds is 2. The fourth-order valence-corrected chi connectivity index (χ4v) is 1.57. The Hall–Kier alpha value is -2.37. The number of aromatic nitrogens is 3. The summed E-state index contributed by atoms with van der Waals surface area (Å²) in [6.45, 7) is 3.89. The van der Waals surface area contributed by atoms with E-state index in [1.165, 1.54) is 7.05 Å². The van der Waals surface area contributed by atoms with Gasteiger partial charge in [-0.15, -0.1) is 5.10 Å². The van der Waals surface area contributed by atoms with Gasteiger partial charge in [0.15, 0.2) is 0 Å². The molecule has 0 radical (unpaired) electrons. The van der Waals surface area contributed by atoms with E-state index in [4.69, 9.17) is 0 Å². The zero-order valence-corrected chi connectivity index (χ0v) is 10.4. The van der Waals surface area contributed by atoms with Crippen molar-refractivity contribution in [3.8, 4) is 0 Å². The number of aromatic amines is 1. The van der Waals surface area contributed by atoms with Gasteiger partial charge in [0.1, 0.15) is 0 Å². The van der Waals surface area contributed by atoms with Crippen LogP contribution < -0.4 is 11.0 Å². The van der Waals surface area contributed by atoms with Crippen molar-refractivity contribution in [3.05, 3.63) is 45.6 Å². The van der Waals surface area contributed by atoms with Crippen molar-refractivity contribution in [2.24, 2.45) is 7.05 Å². The minimum atomic E-state index is -0.429. The largest absolute Gasteiger partial charge is 0.343 e. The van der Waals surface area contributed by atoms with Gasteiger partial charge < -0.3 is 5.32 Å².